The normalized spacial score (nSPS) is 12.3. The van der Waals surface area contributed by atoms with Crippen molar-refractivity contribution in [1.29, 1.82) is 0 Å². The summed E-state index contributed by atoms with van der Waals surface area (Å²) in [4.78, 5) is 26.6. The van der Waals surface area contributed by atoms with Crippen molar-refractivity contribution < 1.29 is 4.79 Å². The van der Waals surface area contributed by atoms with Gasteiger partial charge in [-0.15, -0.1) is 0 Å². The minimum absolute atomic E-state index is 0.191. The molecule has 1 atom stereocenters. The Morgan fingerprint density at radius 1 is 1.35 bits per heavy atom. The molecule has 2 rings (SSSR count). The molecule has 0 saturated carbocycles. The van der Waals surface area contributed by atoms with Crippen LogP contribution in [0.15, 0.2) is 35.1 Å². The molecule has 0 aliphatic carbocycles. The van der Waals surface area contributed by atoms with Crippen molar-refractivity contribution in [3.8, 4) is 0 Å². The van der Waals surface area contributed by atoms with E-state index in [1.165, 1.54) is 0 Å². The first-order chi connectivity index (χ1) is 9.61. The number of rotatable bonds is 5. The molecule has 0 aliphatic rings. The highest BCUT2D eigenvalue weighted by molar-refractivity contribution is 5.96. The van der Waals surface area contributed by atoms with Crippen LogP contribution in [0.1, 0.15) is 24.3 Å². The smallest absolute Gasteiger partial charge is 0.267 e. The summed E-state index contributed by atoms with van der Waals surface area (Å²) < 4.78 is 0. The van der Waals surface area contributed by atoms with Gasteiger partial charge in [-0.1, -0.05) is 25.1 Å². The topological polar surface area (TPSA) is 74.0 Å². The van der Waals surface area contributed by atoms with Crippen LogP contribution in [-0.4, -0.2) is 30.0 Å². The van der Waals surface area contributed by atoms with E-state index in [2.05, 4.69) is 15.6 Å². The second-order valence-corrected chi connectivity index (χ2v) is 4.77. The Kier molecular flexibility index (Phi) is 4.53. The first-order valence-corrected chi connectivity index (χ1v) is 6.75. The molecule has 106 valence electrons. The van der Waals surface area contributed by atoms with Gasteiger partial charge in [0.25, 0.3) is 11.5 Å². The number of likely N-dealkylation sites (N-methyl/N-ethyl adjacent to an activating group) is 1. The van der Waals surface area contributed by atoms with Gasteiger partial charge in [-0.3, -0.25) is 9.59 Å². The summed E-state index contributed by atoms with van der Waals surface area (Å²) in [6, 6.07) is 9.10. The van der Waals surface area contributed by atoms with Crippen LogP contribution < -0.4 is 16.2 Å². The first kappa shape index (κ1) is 14.3. The van der Waals surface area contributed by atoms with E-state index in [-0.39, 0.29) is 23.2 Å². The summed E-state index contributed by atoms with van der Waals surface area (Å²) in [5.74, 6) is -0.266. The molecule has 0 aliphatic heterocycles. The maximum Gasteiger partial charge on any atom is 0.267 e. The number of hydrogen-bond donors (Lipinski definition) is 3. The fourth-order valence-corrected chi connectivity index (χ4v) is 2.09. The van der Waals surface area contributed by atoms with Gasteiger partial charge in [-0.25, -0.2) is 0 Å². The summed E-state index contributed by atoms with van der Waals surface area (Å²) in [6.07, 6.45) is 0. The second-order valence-electron chi connectivity index (χ2n) is 4.77. The molecule has 0 radical (unpaired) electrons. The number of nitrogens with one attached hydrogen (secondary N) is 3. The number of aromatic amines is 1. The fourth-order valence-electron chi connectivity index (χ4n) is 2.09. The van der Waals surface area contributed by atoms with Gasteiger partial charge in [0.15, 0.2) is 0 Å². The molecule has 1 aromatic heterocycles. The predicted molar refractivity (Wildman–Crippen MR) is 80.0 cm³/mol. The molecular weight excluding hydrogens is 254 g/mol. The van der Waals surface area contributed by atoms with Crippen molar-refractivity contribution in [3.05, 3.63) is 46.4 Å². The highest BCUT2D eigenvalue weighted by Gasteiger charge is 2.10. The van der Waals surface area contributed by atoms with Crippen LogP contribution in [0.5, 0.6) is 0 Å². The number of carbonyl (C=O) groups excluding carboxylic acids is 1. The van der Waals surface area contributed by atoms with Gasteiger partial charge in [0.1, 0.15) is 5.69 Å². The first-order valence-electron chi connectivity index (χ1n) is 6.75. The Bertz CT molecular complexity index is 663. The van der Waals surface area contributed by atoms with E-state index in [4.69, 9.17) is 0 Å². The third kappa shape index (κ3) is 3.24. The molecule has 20 heavy (non-hydrogen) atoms. The summed E-state index contributed by atoms with van der Waals surface area (Å²) in [6.45, 7) is 5.37. The lowest BCUT2D eigenvalue weighted by Crippen LogP contribution is -2.39. The van der Waals surface area contributed by atoms with Gasteiger partial charge in [0.2, 0.25) is 0 Å². The summed E-state index contributed by atoms with van der Waals surface area (Å²) >= 11 is 0. The highest BCUT2D eigenvalue weighted by atomic mass is 16.2. The van der Waals surface area contributed by atoms with E-state index < -0.39 is 0 Å². The van der Waals surface area contributed by atoms with Crippen molar-refractivity contribution in [2.45, 2.75) is 19.9 Å². The van der Waals surface area contributed by atoms with Crippen molar-refractivity contribution in [2.24, 2.45) is 0 Å². The molecule has 0 spiro atoms. The van der Waals surface area contributed by atoms with Crippen LogP contribution >= 0.6 is 0 Å². The van der Waals surface area contributed by atoms with Crippen LogP contribution in [-0.2, 0) is 0 Å². The van der Waals surface area contributed by atoms with E-state index in [0.717, 1.165) is 11.9 Å². The van der Waals surface area contributed by atoms with E-state index >= 15 is 0 Å². The standard InChI is InChI=1S/C15H19N3O2/c1-3-16-10(2)9-17-15(20)13-8-11-6-4-5-7-12(11)14(19)18-13/h4-8,10,16H,3,9H2,1-2H3,(H,17,20)(H,18,19)/t10-/m1/s1. The molecule has 0 saturated heterocycles. The molecule has 0 bridgehead atoms. The van der Waals surface area contributed by atoms with Gasteiger partial charge in [-0.05, 0) is 31.0 Å². The van der Waals surface area contributed by atoms with Crippen LogP contribution in [0.2, 0.25) is 0 Å². The molecule has 1 aromatic carbocycles. The van der Waals surface area contributed by atoms with E-state index in [1.807, 2.05) is 26.0 Å². The lowest BCUT2D eigenvalue weighted by Gasteiger charge is -2.13. The lowest BCUT2D eigenvalue weighted by atomic mass is 10.1. The number of hydrogen-bond acceptors (Lipinski definition) is 3. The maximum absolute atomic E-state index is 12.0. The van der Waals surface area contributed by atoms with Gasteiger partial charge < -0.3 is 15.6 Å². The number of benzene rings is 1. The summed E-state index contributed by atoms with van der Waals surface area (Å²) in [5, 5.41) is 7.36. The van der Waals surface area contributed by atoms with Crippen molar-refractivity contribution in [1.82, 2.24) is 15.6 Å². The third-order valence-corrected chi connectivity index (χ3v) is 3.12. The average Bonchev–Trinajstić information content (AvgIpc) is 2.45. The summed E-state index contributed by atoms with van der Waals surface area (Å²) in [5.41, 5.74) is 0.0466. The zero-order chi connectivity index (χ0) is 14.5. The maximum atomic E-state index is 12.0. The van der Waals surface area contributed by atoms with E-state index in [0.29, 0.717) is 11.9 Å². The number of pyridine rings is 1. The number of carbonyl (C=O) groups is 1. The number of aromatic nitrogens is 1. The Hall–Kier alpha value is -2.14. The quantitative estimate of drug-likeness (QED) is 0.767. The van der Waals surface area contributed by atoms with Crippen LogP contribution in [0.3, 0.4) is 0 Å². The molecule has 1 heterocycles. The van der Waals surface area contributed by atoms with E-state index in [1.54, 1.807) is 18.2 Å². The number of fused-ring (bicyclic) bond motifs is 1. The zero-order valence-corrected chi connectivity index (χ0v) is 11.7. The molecule has 1 amide bonds. The SMILES string of the molecule is CCN[C@H](C)CNC(=O)c1cc2ccccc2c(=O)[nH]1. The molecular formula is C15H19N3O2. The second kappa shape index (κ2) is 6.34. The molecule has 5 heteroatoms. The molecule has 0 fully saturated rings. The van der Waals surface area contributed by atoms with E-state index in [9.17, 15) is 9.59 Å². The van der Waals surface area contributed by atoms with Gasteiger partial charge >= 0.3 is 0 Å². The van der Waals surface area contributed by atoms with Crippen molar-refractivity contribution in [3.63, 3.8) is 0 Å². The Labute approximate surface area is 117 Å². The minimum atomic E-state index is -0.266. The molecule has 5 nitrogen and oxygen atoms in total. The average molecular weight is 273 g/mol. The van der Waals surface area contributed by atoms with Crippen LogP contribution in [0.25, 0.3) is 10.8 Å². The largest absolute Gasteiger partial charge is 0.349 e. The van der Waals surface area contributed by atoms with Gasteiger partial charge in [0.05, 0.1) is 0 Å². The molecule has 2 aromatic rings. The highest BCUT2D eigenvalue weighted by Crippen LogP contribution is 2.09. The van der Waals surface area contributed by atoms with Crippen molar-refractivity contribution >= 4 is 16.7 Å². The Balaban J connectivity index is 2.16. The Morgan fingerprint density at radius 2 is 2.10 bits per heavy atom. The van der Waals surface area contributed by atoms with Crippen molar-refractivity contribution in [2.75, 3.05) is 13.1 Å². The minimum Gasteiger partial charge on any atom is -0.349 e. The predicted octanol–water partition coefficient (Wildman–Crippen LogP) is 1.26. The lowest BCUT2D eigenvalue weighted by molar-refractivity contribution is 0.0945. The third-order valence-electron chi connectivity index (χ3n) is 3.12. The monoisotopic (exact) mass is 273 g/mol. The Morgan fingerprint density at radius 3 is 2.85 bits per heavy atom. The van der Waals surface area contributed by atoms with Gasteiger partial charge in [0, 0.05) is 18.0 Å². The molecule has 3 N–H and O–H groups in total. The fraction of sp³-hybridized carbons (Fsp3) is 0.333. The summed E-state index contributed by atoms with van der Waals surface area (Å²) in [7, 11) is 0. The number of amides is 1. The van der Waals surface area contributed by atoms with Gasteiger partial charge in [-0.2, -0.15) is 0 Å². The van der Waals surface area contributed by atoms with Crippen LogP contribution in [0.4, 0.5) is 0 Å². The molecule has 0 unspecified atom stereocenters. The number of H-pyrrole nitrogens is 1. The zero-order valence-electron chi connectivity index (χ0n) is 11.7. The van der Waals surface area contributed by atoms with Crippen LogP contribution in [0, 0.1) is 0 Å².